The summed E-state index contributed by atoms with van der Waals surface area (Å²) in [6.45, 7) is 2.23. The molecule has 4 heteroatoms. The highest BCUT2D eigenvalue weighted by Crippen LogP contribution is 2.01. The number of hydrogen-bond acceptors (Lipinski definition) is 3. The van der Waals surface area contributed by atoms with Crippen LogP contribution in [0.3, 0.4) is 0 Å². The van der Waals surface area contributed by atoms with Crippen molar-refractivity contribution in [2.24, 2.45) is 0 Å². The average Bonchev–Trinajstić information content (AvgIpc) is 2.78. The SMILES string of the molecule is Cc1cccc(C(=O)NCc2ccco2)n1. The van der Waals surface area contributed by atoms with E-state index in [0.29, 0.717) is 12.2 Å². The van der Waals surface area contributed by atoms with Crippen LogP contribution in [-0.4, -0.2) is 10.9 Å². The molecular formula is C12H12N2O2. The molecule has 0 aromatic carbocycles. The van der Waals surface area contributed by atoms with Gasteiger partial charge in [0.25, 0.3) is 5.91 Å². The van der Waals surface area contributed by atoms with Gasteiger partial charge in [0.15, 0.2) is 0 Å². The summed E-state index contributed by atoms with van der Waals surface area (Å²) in [6.07, 6.45) is 1.58. The molecule has 1 N–H and O–H groups in total. The summed E-state index contributed by atoms with van der Waals surface area (Å²) < 4.78 is 5.11. The third-order valence-corrected chi connectivity index (χ3v) is 2.12. The van der Waals surface area contributed by atoms with E-state index in [1.165, 1.54) is 0 Å². The number of aryl methyl sites for hydroxylation is 1. The number of amides is 1. The molecule has 0 atom stereocenters. The van der Waals surface area contributed by atoms with E-state index in [2.05, 4.69) is 10.3 Å². The Labute approximate surface area is 93.3 Å². The minimum absolute atomic E-state index is 0.194. The monoisotopic (exact) mass is 216 g/mol. The number of carbonyl (C=O) groups is 1. The molecule has 2 heterocycles. The maximum atomic E-state index is 11.7. The van der Waals surface area contributed by atoms with E-state index in [9.17, 15) is 4.79 Å². The molecule has 0 bridgehead atoms. The van der Waals surface area contributed by atoms with Crippen molar-refractivity contribution in [2.75, 3.05) is 0 Å². The highest BCUT2D eigenvalue weighted by molar-refractivity contribution is 5.92. The third kappa shape index (κ3) is 2.48. The number of nitrogens with one attached hydrogen (secondary N) is 1. The Morgan fingerprint density at radius 1 is 1.38 bits per heavy atom. The van der Waals surface area contributed by atoms with Crippen molar-refractivity contribution >= 4 is 5.91 Å². The molecule has 1 amide bonds. The first-order chi connectivity index (χ1) is 7.75. The highest BCUT2D eigenvalue weighted by atomic mass is 16.3. The van der Waals surface area contributed by atoms with Gasteiger partial charge >= 0.3 is 0 Å². The Balaban J connectivity index is 1.98. The minimum atomic E-state index is -0.194. The third-order valence-electron chi connectivity index (χ3n) is 2.12. The van der Waals surface area contributed by atoms with Crippen LogP contribution in [0.2, 0.25) is 0 Å². The molecular weight excluding hydrogens is 204 g/mol. The second-order valence-corrected chi connectivity index (χ2v) is 3.43. The second-order valence-electron chi connectivity index (χ2n) is 3.43. The maximum Gasteiger partial charge on any atom is 0.270 e. The first-order valence-corrected chi connectivity index (χ1v) is 5.00. The van der Waals surface area contributed by atoms with Crippen molar-refractivity contribution in [3.63, 3.8) is 0 Å². The molecule has 2 rings (SSSR count). The zero-order valence-corrected chi connectivity index (χ0v) is 8.93. The largest absolute Gasteiger partial charge is 0.467 e. The van der Waals surface area contributed by atoms with Crippen LogP contribution in [0.5, 0.6) is 0 Å². The van der Waals surface area contributed by atoms with Gasteiger partial charge < -0.3 is 9.73 Å². The Morgan fingerprint density at radius 2 is 2.25 bits per heavy atom. The fraction of sp³-hybridized carbons (Fsp3) is 0.167. The molecule has 16 heavy (non-hydrogen) atoms. The molecule has 0 aliphatic carbocycles. The Bertz CT molecular complexity index is 478. The number of pyridine rings is 1. The molecule has 0 aliphatic rings. The quantitative estimate of drug-likeness (QED) is 0.852. The predicted octanol–water partition coefficient (Wildman–Crippen LogP) is 1.91. The summed E-state index contributed by atoms with van der Waals surface area (Å²) in [6, 6.07) is 8.94. The number of aromatic nitrogens is 1. The van der Waals surface area contributed by atoms with Gasteiger partial charge in [-0.25, -0.2) is 4.98 Å². The summed E-state index contributed by atoms with van der Waals surface area (Å²) in [7, 11) is 0. The molecule has 0 saturated heterocycles. The zero-order chi connectivity index (χ0) is 11.4. The van der Waals surface area contributed by atoms with Crippen LogP contribution < -0.4 is 5.32 Å². The molecule has 82 valence electrons. The molecule has 0 spiro atoms. The lowest BCUT2D eigenvalue weighted by Crippen LogP contribution is -2.23. The lowest BCUT2D eigenvalue weighted by molar-refractivity contribution is 0.0943. The maximum absolute atomic E-state index is 11.7. The molecule has 2 aromatic heterocycles. The van der Waals surface area contributed by atoms with E-state index in [1.807, 2.05) is 25.1 Å². The number of hydrogen-bond donors (Lipinski definition) is 1. The van der Waals surface area contributed by atoms with Crippen LogP contribution in [0, 0.1) is 6.92 Å². The topological polar surface area (TPSA) is 55.1 Å². The molecule has 2 aromatic rings. The van der Waals surface area contributed by atoms with Crippen molar-refractivity contribution in [1.29, 1.82) is 0 Å². The molecule has 4 nitrogen and oxygen atoms in total. The molecule has 0 radical (unpaired) electrons. The van der Waals surface area contributed by atoms with Crippen LogP contribution in [-0.2, 0) is 6.54 Å². The summed E-state index contributed by atoms with van der Waals surface area (Å²) in [5.74, 6) is 0.529. The van der Waals surface area contributed by atoms with E-state index in [4.69, 9.17) is 4.42 Å². The predicted molar refractivity (Wildman–Crippen MR) is 58.9 cm³/mol. The summed E-state index contributed by atoms with van der Waals surface area (Å²) in [5.41, 5.74) is 1.25. The van der Waals surface area contributed by atoms with Gasteiger partial charge in [0.05, 0.1) is 12.8 Å². The van der Waals surface area contributed by atoms with Crippen LogP contribution >= 0.6 is 0 Å². The summed E-state index contributed by atoms with van der Waals surface area (Å²) >= 11 is 0. The van der Waals surface area contributed by atoms with Gasteiger partial charge in [-0.2, -0.15) is 0 Å². The summed E-state index contributed by atoms with van der Waals surface area (Å²) in [5, 5.41) is 2.73. The van der Waals surface area contributed by atoms with Gasteiger partial charge in [0.1, 0.15) is 11.5 Å². The lowest BCUT2D eigenvalue weighted by Gasteiger charge is -2.02. The smallest absolute Gasteiger partial charge is 0.270 e. The molecule has 0 unspecified atom stereocenters. The number of nitrogens with zero attached hydrogens (tertiary/aromatic N) is 1. The molecule has 0 fully saturated rings. The zero-order valence-electron chi connectivity index (χ0n) is 8.93. The first-order valence-electron chi connectivity index (χ1n) is 5.00. The van der Waals surface area contributed by atoms with E-state index >= 15 is 0 Å². The van der Waals surface area contributed by atoms with Crippen LogP contribution in [0.15, 0.2) is 41.0 Å². The number of rotatable bonds is 3. The Kier molecular flexibility index (Phi) is 3.00. The van der Waals surface area contributed by atoms with Crippen molar-refractivity contribution in [2.45, 2.75) is 13.5 Å². The highest BCUT2D eigenvalue weighted by Gasteiger charge is 2.07. The average molecular weight is 216 g/mol. The van der Waals surface area contributed by atoms with Gasteiger partial charge in [0.2, 0.25) is 0 Å². The van der Waals surface area contributed by atoms with Crippen LogP contribution in [0.25, 0.3) is 0 Å². The standard InChI is InChI=1S/C12H12N2O2/c1-9-4-2-6-11(14-9)12(15)13-8-10-5-3-7-16-10/h2-7H,8H2,1H3,(H,13,15). The Hall–Kier alpha value is -2.10. The number of carbonyl (C=O) groups excluding carboxylic acids is 1. The van der Waals surface area contributed by atoms with Crippen LogP contribution in [0.4, 0.5) is 0 Å². The van der Waals surface area contributed by atoms with Gasteiger partial charge in [-0.15, -0.1) is 0 Å². The minimum Gasteiger partial charge on any atom is -0.467 e. The van der Waals surface area contributed by atoms with Gasteiger partial charge in [-0.1, -0.05) is 6.07 Å². The van der Waals surface area contributed by atoms with Crippen molar-refractivity contribution in [3.8, 4) is 0 Å². The van der Waals surface area contributed by atoms with E-state index in [-0.39, 0.29) is 5.91 Å². The normalized spacial score (nSPS) is 10.1. The van der Waals surface area contributed by atoms with Crippen molar-refractivity contribution in [3.05, 3.63) is 53.7 Å². The van der Waals surface area contributed by atoms with Gasteiger partial charge in [0, 0.05) is 5.69 Å². The molecule has 0 saturated carbocycles. The van der Waals surface area contributed by atoms with E-state index < -0.39 is 0 Å². The first kappa shape index (κ1) is 10.4. The van der Waals surface area contributed by atoms with Gasteiger partial charge in [-0.05, 0) is 31.2 Å². The Morgan fingerprint density at radius 3 is 2.94 bits per heavy atom. The fourth-order valence-corrected chi connectivity index (χ4v) is 1.34. The fourth-order valence-electron chi connectivity index (χ4n) is 1.34. The molecule has 0 aliphatic heterocycles. The van der Waals surface area contributed by atoms with E-state index in [1.54, 1.807) is 18.4 Å². The van der Waals surface area contributed by atoms with Crippen molar-refractivity contribution < 1.29 is 9.21 Å². The van der Waals surface area contributed by atoms with E-state index in [0.717, 1.165) is 11.5 Å². The van der Waals surface area contributed by atoms with Crippen LogP contribution in [0.1, 0.15) is 21.9 Å². The van der Waals surface area contributed by atoms with Gasteiger partial charge in [-0.3, -0.25) is 4.79 Å². The number of furan rings is 1. The lowest BCUT2D eigenvalue weighted by atomic mass is 10.3. The summed E-state index contributed by atoms with van der Waals surface area (Å²) in [4.78, 5) is 15.8. The van der Waals surface area contributed by atoms with Crippen molar-refractivity contribution in [1.82, 2.24) is 10.3 Å². The second kappa shape index (κ2) is 4.61.